The van der Waals surface area contributed by atoms with Gasteiger partial charge in [0, 0.05) is 21.1 Å². The van der Waals surface area contributed by atoms with E-state index in [4.69, 9.17) is 4.74 Å². The van der Waals surface area contributed by atoms with Gasteiger partial charge in [-0.2, -0.15) is 0 Å². The molecule has 0 aliphatic rings. The number of thiol groups is 1. The van der Waals surface area contributed by atoms with Crippen molar-refractivity contribution in [3.8, 4) is 0 Å². The maximum Gasteiger partial charge on any atom is 0.217 e. The van der Waals surface area contributed by atoms with Gasteiger partial charge in [-0.3, -0.25) is 0 Å². The fourth-order valence-corrected chi connectivity index (χ4v) is 0.605. The normalized spacial score (nSPS) is 8.00. The fourth-order valence-electron chi connectivity index (χ4n) is 0.202. The van der Waals surface area contributed by atoms with E-state index in [-0.39, 0.29) is 27.2 Å². The third-order valence-corrected chi connectivity index (χ3v) is 0.538. The maximum absolute atomic E-state index is 4.85. The molecule has 0 aromatic carbocycles. The molecule has 0 unspecified atom stereocenters. The van der Waals surface area contributed by atoms with Crippen molar-refractivity contribution in [1.82, 2.24) is 0 Å². The second-order valence-electron chi connectivity index (χ2n) is 1.43. The minimum Gasteiger partial charge on any atom is -0.476 e. The van der Waals surface area contributed by atoms with Crippen molar-refractivity contribution >= 4 is 29.2 Å². The zero-order chi connectivity index (χ0) is 5.86. The number of ether oxygens (including phenoxy) is 1. The Hall–Kier alpha value is 0.928. The third kappa shape index (κ3) is 10.0. The molecule has 1 nitrogen and oxygen atoms in total. The summed E-state index contributed by atoms with van der Waals surface area (Å²) in [6.07, 6.45) is 0.157. The van der Waals surface area contributed by atoms with Crippen molar-refractivity contribution in [1.29, 1.82) is 0 Å². The Labute approximate surface area is 74.8 Å². The van der Waals surface area contributed by atoms with E-state index in [1.807, 2.05) is 13.8 Å². The van der Waals surface area contributed by atoms with Crippen molar-refractivity contribution in [3.63, 3.8) is 0 Å². The van der Waals surface area contributed by atoms with Crippen LogP contribution in [0.25, 0.3) is 0 Å². The molecule has 0 aromatic rings. The smallest absolute Gasteiger partial charge is 0.217 e. The van der Waals surface area contributed by atoms with Crippen LogP contribution in [0.5, 0.6) is 0 Å². The first-order chi connectivity index (χ1) is 3.13. The van der Waals surface area contributed by atoms with Crippen LogP contribution in [0.15, 0.2) is 0 Å². The molecule has 0 N–H and O–H groups in total. The molecule has 0 saturated carbocycles. The molecule has 0 radical (unpaired) electrons. The van der Waals surface area contributed by atoms with Gasteiger partial charge in [-0.1, -0.05) is 12.6 Å². The molecule has 52 valence electrons. The fraction of sp³-hybridized carbons (Fsp3) is 0.750. The third-order valence-electron chi connectivity index (χ3n) is 0.337. The molecule has 0 aromatic heterocycles. The van der Waals surface area contributed by atoms with Crippen molar-refractivity contribution in [3.05, 3.63) is 0 Å². The monoisotopic (exact) mass is 331 g/mol. The van der Waals surface area contributed by atoms with Gasteiger partial charge in [0.15, 0.2) is 0 Å². The van der Waals surface area contributed by atoms with Gasteiger partial charge in [0.1, 0.15) is 0 Å². The van der Waals surface area contributed by atoms with Gasteiger partial charge in [-0.25, -0.2) is 0 Å². The summed E-state index contributed by atoms with van der Waals surface area (Å²) in [6, 6.07) is 0. The molecule has 0 aliphatic carbocycles. The minimum atomic E-state index is 0. The van der Waals surface area contributed by atoms with E-state index in [1.54, 1.807) is 0 Å². The number of hydrogen-bond acceptors (Lipinski definition) is 2. The topological polar surface area (TPSA) is 9.23 Å². The van der Waals surface area contributed by atoms with Crippen LogP contribution in [0.4, 0.5) is 0 Å². The molecule has 0 rings (SSSR count). The minimum absolute atomic E-state index is 0. The van der Waals surface area contributed by atoms with Crippen LogP contribution in [0, 0.1) is 0 Å². The van der Waals surface area contributed by atoms with Crippen LogP contribution < -0.4 is 0 Å². The molecule has 4 heteroatoms. The zero-order valence-electron chi connectivity index (χ0n) is 4.66. The number of hydrogen-bond donors (Lipinski definition) is 1. The molecule has 0 heterocycles. The van der Waals surface area contributed by atoms with Crippen molar-refractivity contribution in [2.45, 2.75) is 20.0 Å². The molecule has 0 bridgehead atoms. The quantitative estimate of drug-likeness (QED) is 0.578. The van der Waals surface area contributed by atoms with Gasteiger partial charge < -0.3 is 4.74 Å². The molecule has 0 spiro atoms. The van der Waals surface area contributed by atoms with Crippen LogP contribution in [-0.4, -0.2) is 10.5 Å². The Morgan fingerprint density at radius 1 is 1.62 bits per heavy atom. The molecule has 0 saturated heterocycles. The van der Waals surface area contributed by atoms with Crippen molar-refractivity contribution in [2.24, 2.45) is 0 Å². The van der Waals surface area contributed by atoms with Gasteiger partial charge >= 0.3 is 0 Å². The summed E-state index contributed by atoms with van der Waals surface area (Å²) in [4.78, 5) is 0. The molecule has 0 atom stereocenters. The molecular formula is C4H8OPtS2. The van der Waals surface area contributed by atoms with Crippen molar-refractivity contribution in [2.75, 3.05) is 0 Å². The van der Waals surface area contributed by atoms with E-state index >= 15 is 0 Å². The van der Waals surface area contributed by atoms with E-state index in [9.17, 15) is 0 Å². The Kier molecular flexibility index (Phi) is 8.85. The van der Waals surface area contributed by atoms with E-state index in [2.05, 4.69) is 24.8 Å². The Morgan fingerprint density at radius 2 is 2.00 bits per heavy atom. The summed E-state index contributed by atoms with van der Waals surface area (Å²) in [5.74, 6) is 0. The summed E-state index contributed by atoms with van der Waals surface area (Å²) >= 11 is 8.26. The average Bonchev–Trinajstić information content (AvgIpc) is 1.27. The Morgan fingerprint density at radius 3 is 2.00 bits per heavy atom. The molecule has 0 fully saturated rings. The average molecular weight is 331 g/mol. The first kappa shape index (κ1) is 11.7. The van der Waals surface area contributed by atoms with E-state index in [0.717, 1.165) is 0 Å². The van der Waals surface area contributed by atoms with Crippen LogP contribution >= 0.6 is 24.8 Å². The second kappa shape index (κ2) is 6.05. The van der Waals surface area contributed by atoms with Gasteiger partial charge in [0.05, 0.1) is 6.10 Å². The molecule has 0 amide bonds. The van der Waals surface area contributed by atoms with Gasteiger partial charge in [0.25, 0.3) is 0 Å². The van der Waals surface area contributed by atoms with E-state index in [1.165, 1.54) is 0 Å². The molecule has 0 aliphatic heterocycles. The van der Waals surface area contributed by atoms with E-state index in [0.29, 0.717) is 4.38 Å². The summed E-state index contributed by atoms with van der Waals surface area (Å²) in [7, 11) is 0. The summed E-state index contributed by atoms with van der Waals surface area (Å²) in [6.45, 7) is 3.81. The molecular weight excluding hydrogens is 323 g/mol. The van der Waals surface area contributed by atoms with Gasteiger partial charge in [0.2, 0.25) is 4.38 Å². The molecule has 8 heavy (non-hydrogen) atoms. The van der Waals surface area contributed by atoms with Gasteiger partial charge in [-0.05, 0) is 26.1 Å². The first-order valence-corrected chi connectivity index (χ1v) is 2.88. The van der Waals surface area contributed by atoms with Crippen LogP contribution in [0.1, 0.15) is 13.8 Å². The SMILES string of the molecule is CC(C)OC(=S)S.[Pt]. The number of rotatable bonds is 1. The first-order valence-electron chi connectivity index (χ1n) is 2.02. The van der Waals surface area contributed by atoms with Gasteiger partial charge in [-0.15, -0.1) is 0 Å². The van der Waals surface area contributed by atoms with Crippen LogP contribution in [-0.2, 0) is 25.8 Å². The zero-order valence-corrected chi connectivity index (χ0v) is 8.64. The predicted molar refractivity (Wildman–Crippen MR) is 37.8 cm³/mol. The maximum atomic E-state index is 4.85. The van der Waals surface area contributed by atoms with E-state index < -0.39 is 0 Å². The summed E-state index contributed by atoms with van der Waals surface area (Å²) < 4.78 is 5.16. The largest absolute Gasteiger partial charge is 0.476 e. The van der Waals surface area contributed by atoms with Crippen LogP contribution in [0.2, 0.25) is 0 Å². The van der Waals surface area contributed by atoms with Crippen LogP contribution in [0.3, 0.4) is 0 Å². The summed E-state index contributed by atoms with van der Waals surface area (Å²) in [5, 5.41) is 0. The standard InChI is InChI=1S/C4H8OS2.Pt/c1-3(2)5-4(6)7;/h3H,1-2H3,(H,6,7);. The summed E-state index contributed by atoms with van der Waals surface area (Å²) in [5.41, 5.74) is 0. The number of thiocarbonyl (C=S) groups is 1. The Bertz CT molecular complexity index is 74.4. The predicted octanol–water partition coefficient (Wildman–Crippen LogP) is 1.62. The van der Waals surface area contributed by atoms with Crippen molar-refractivity contribution < 1.29 is 25.8 Å². The Balaban J connectivity index is 0. The second-order valence-corrected chi connectivity index (χ2v) is 2.51.